The van der Waals surface area contributed by atoms with Crippen LogP contribution in [-0.4, -0.2) is 51.9 Å². The van der Waals surface area contributed by atoms with Gasteiger partial charge in [0, 0.05) is 48.1 Å². The number of nitrogens with one attached hydrogen (secondary N) is 2. The van der Waals surface area contributed by atoms with E-state index in [9.17, 15) is 9.18 Å². The largest absolute Gasteiger partial charge is 0.354 e. The highest BCUT2D eigenvalue weighted by atomic mass is 19.1. The molecule has 166 valence electrons. The number of carbonyl (C=O) groups is 1. The first-order valence-electron chi connectivity index (χ1n) is 11.3. The lowest BCUT2D eigenvalue weighted by atomic mass is 9.88. The van der Waals surface area contributed by atoms with Crippen LogP contribution in [0.2, 0.25) is 0 Å². The van der Waals surface area contributed by atoms with Crippen molar-refractivity contribution in [2.45, 2.75) is 32.1 Å². The van der Waals surface area contributed by atoms with E-state index in [-0.39, 0.29) is 11.7 Å². The van der Waals surface area contributed by atoms with Crippen molar-refractivity contribution in [3.8, 4) is 11.3 Å². The molecule has 0 unspecified atom stereocenters. The summed E-state index contributed by atoms with van der Waals surface area (Å²) in [5.74, 6) is 0.293. The number of aromatic nitrogens is 3. The molecule has 1 saturated heterocycles. The maximum Gasteiger partial charge on any atom is 0.236 e. The molecule has 4 aromatic rings. The molecule has 4 heterocycles. The Morgan fingerprint density at radius 3 is 2.84 bits per heavy atom. The number of benzene rings is 1. The van der Waals surface area contributed by atoms with Crippen molar-refractivity contribution in [2.24, 2.45) is 0 Å². The Bertz CT molecular complexity index is 1280. The Labute approximate surface area is 186 Å². The van der Waals surface area contributed by atoms with Crippen LogP contribution in [0.5, 0.6) is 0 Å². The SMILES string of the molecule is CCc1c(-c2cc(F)c3nccn3c2)[nH]c2ccc(C3CCN(C(=O)CNC)CC3)cc12. The lowest BCUT2D eigenvalue weighted by molar-refractivity contribution is -0.131. The quantitative estimate of drug-likeness (QED) is 0.498. The summed E-state index contributed by atoms with van der Waals surface area (Å²) in [4.78, 5) is 21.7. The van der Waals surface area contributed by atoms with E-state index in [1.54, 1.807) is 29.9 Å². The van der Waals surface area contributed by atoms with Crippen LogP contribution in [0.1, 0.15) is 36.8 Å². The van der Waals surface area contributed by atoms with Gasteiger partial charge in [-0.2, -0.15) is 0 Å². The van der Waals surface area contributed by atoms with Crippen LogP contribution in [0.3, 0.4) is 0 Å². The lowest BCUT2D eigenvalue weighted by Gasteiger charge is -2.32. The number of hydrogen-bond acceptors (Lipinski definition) is 3. The predicted octanol–water partition coefficient (Wildman–Crippen LogP) is 4.11. The number of likely N-dealkylation sites (N-methyl/N-ethyl adjacent to an activating group) is 1. The van der Waals surface area contributed by atoms with E-state index < -0.39 is 0 Å². The number of likely N-dealkylation sites (tertiary alicyclic amines) is 1. The Hall–Kier alpha value is -3.19. The number of nitrogens with zero attached hydrogens (tertiary/aromatic N) is 3. The van der Waals surface area contributed by atoms with Crippen molar-refractivity contribution < 1.29 is 9.18 Å². The molecular weight excluding hydrogens is 405 g/mol. The molecule has 1 aliphatic rings. The van der Waals surface area contributed by atoms with Gasteiger partial charge in [-0.15, -0.1) is 0 Å². The van der Waals surface area contributed by atoms with E-state index in [1.807, 2.05) is 11.1 Å². The number of halogens is 1. The van der Waals surface area contributed by atoms with Crippen LogP contribution in [0.25, 0.3) is 27.8 Å². The summed E-state index contributed by atoms with van der Waals surface area (Å²) in [6.45, 7) is 4.13. The summed E-state index contributed by atoms with van der Waals surface area (Å²) in [7, 11) is 1.80. The maximum absolute atomic E-state index is 14.6. The lowest BCUT2D eigenvalue weighted by Crippen LogP contribution is -2.41. The van der Waals surface area contributed by atoms with E-state index in [1.165, 1.54) is 16.5 Å². The molecule has 0 aliphatic carbocycles. The molecule has 0 radical (unpaired) electrons. The summed E-state index contributed by atoms with van der Waals surface area (Å²) < 4.78 is 16.3. The second kappa shape index (κ2) is 8.39. The Kier molecular flexibility index (Phi) is 5.43. The van der Waals surface area contributed by atoms with Gasteiger partial charge in [-0.05, 0) is 61.6 Å². The number of aryl methyl sites for hydroxylation is 1. The summed E-state index contributed by atoms with van der Waals surface area (Å²) in [5.41, 5.74) is 5.69. The van der Waals surface area contributed by atoms with Crippen molar-refractivity contribution in [3.05, 3.63) is 59.8 Å². The summed E-state index contributed by atoms with van der Waals surface area (Å²) >= 11 is 0. The van der Waals surface area contributed by atoms with Gasteiger partial charge in [0.15, 0.2) is 11.5 Å². The number of hydrogen-bond donors (Lipinski definition) is 2. The number of amides is 1. The normalized spacial score (nSPS) is 15.2. The minimum absolute atomic E-state index is 0.173. The number of rotatable bonds is 5. The number of fused-ring (bicyclic) bond motifs is 2. The maximum atomic E-state index is 14.6. The summed E-state index contributed by atoms with van der Waals surface area (Å²) in [6, 6.07) is 8.18. The van der Waals surface area contributed by atoms with Gasteiger partial charge < -0.3 is 19.6 Å². The van der Waals surface area contributed by atoms with Crippen molar-refractivity contribution >= 4 is 22.5 Å². The Morgan fingerprint density at radius 2 is 2.09 bits per heavy atom. The Morgan fingerprint density at radius 1 is 1.28 bits per heavy atom. The van der Waals surface area contributed by atoms with Crippen LogP contribution >= 0.6 is 0 Å². The molecule has 1 aromatic carbocycles. The van der Waals surface area contributed by atoms with E-state index in [0.29, 0.717) is 18.1 Å². The molecule has 6 nitrogen and oxygen atoms in total. The van der Waals surface area contributed by atoms with E-state index >= 15 is 0 Å². The van der Waals surface area contributed by atoms with E-state index in [2.05, 4.69) is 40.4 Å². The van der Waals surface area contributed by atoms with Gasteiger partial charge in [0.25, 0.3) is 0 Å². The van der Waals surface area contributed by atoms with Gasteiger partial charge in [0.2, 0.25) is 5.91 Å². The van der Waals surface area contributed by atoms with Gasteiger partial charge in [0.05, 0.1) is 12.2 Å². The third-order valence-electron chi connectivity index (χ3n) is 6.66. The zero-order valence-corrected chi connectivity index (χ0v) is 18.5. The molecule has 5 rings (SSSR count). The second-order valence-electron chi connectivity index (χ2n) is 8.56. The molecule has 0 atom stereocenters. The molecule has 0 saturated carbocycles. The van der Waals surface area contributed by atoms with Gasteiger partial charge in [-0.25, -0.2) is 9.37 Å². The topological polar surface area (TPSA) is 65.4 Å². The van der Waals surface area contributed by atoms with Crippen molar-refractivity contribution in [1.82, 2.24) is 24.6 Å². The summed E-state index contributed by atoms with van der Waals surface area (Å²) in [5, 5.41) is 4.14. The highest BCUT2D eigenvalue weighted by molar-refractivity contribution is 5.91. The average Bonchev–Trinajstić information content (AvgIpc) is 3.43. The van der Waals surface area contributed by atoms with Crippen LogP contribution in [0, 0.1) is 5.82 Å². The highest BCUT2D eigenvalue weighted by Crippen LogP contribution is 2.35. The smallest absolute Gasteiger partial charge is 0.236 e. The molecule has 32 heavy (non-hydrogen) atoms. The van der Waals surface area contributed by atoms with Crippen molar-refractivity contribution in [2.75, 3.05) is 26.7 Å². The zero-order chi connectivity index (χ0) is 22.2. The monoisotopic (exact) mass is 433 g/mol. The summed E-state index contributed by atoms with van der Waals surface area (Å²) in [6.07, 6.45) is 8.10. The number of pyridine rings is 1. The van der Waals surface area contributed by atoms with Crippen molar-refractivity contribution in [3.63, 3.8) is 0 Å². The first-order valence-corrected chi connectivity index (χ1v) is 11.3. The first-order chi connectivity index (χ1) is 15.6. The fraction of sp³-hybridized carbons (Fsp3) is 0.360. The minimum Gasteiger partial charge on any atom is -0.354 e. The molecule has 1 amide bonds. The Balaban J connectivity index is 1.46. The number of piperidine rings is 1. The number of imidazole rings is 1. The van der Waals surface area contributed by atoms with Crippen molar-refractivity contribution in [1.29, 1.82) is 0 Å². The van der Waals surface area contributed by atoms with Gasteiger partial charge >= 0.3 is 0 Å². The first kappa shape index (κ1) is 20.7. The average molecular weight is 434 g/mol. The molecule has 1 fully saturated rings. The molecule has 3 aromatic heterocycles. The van der Waals surface area contributed by atoms with Gasteiger partial charge in [-0.3, -0.25) is 4.79 Å². The van der Waals surface area contributed by atoms with Crippen LogP contribution < -0.4 is 5.32 Å². The molecule has 2 N–H and O–H groups in total. The minimum atomic E-state index is -0.325. The highest BCUT2D eigenvalue weighted by Gasteiger charge is 2.24. The third-order valence-corrected chi connectivity index (χ3v) is 6.66. The van der Waals surface area contributed by atoms with Crippen LogP contribution in [0.15, 0.2) is 42.9 Å². The van der Waals surface area contributed by atoms with E-state index in [4.69, 9.17) is 0 Å². The van der Waals surface area contributed by atoms with Gasteiger partial charge in [0.1, 0.15) is 0 Å². The zero-order valence-electron chi connectivity index (χ0n) is 18.5. The molecule has 0 bridgehead atoms. The van der Waals surface area contributed by atoms with E-state index in [0.717, 1.165) is 49.1 Å². The predicted molar refractivity (Wildman–Crippen MR) is 124 cm³/mol. The number of H-pyrrole nitrogens is 1. The van der Waals surface area contributed by atoms with Crippen LogP contribution in [-0.2, 0) is 11.2 Å². The molecule has 1 aliphatic heterocycles. The van der Waals surface area contributed by atoms with Gasteiger partial charge in [-0.1, -0.05) is 13.0 Å². The second-order valence-corrected chi connectivity index (χ2v) is 8.56. The number of carbonyl (C=O) groups excluding carboxylic acids is 1. The fourth-order valence-electron chi connectivity index (χ4n) is 4.99. The molecular formula is C25H28FN5O. The molecule has 0 spiro atoms. The number of aromatic amines is 1. The molecule has 7 heteroatoms. The van der Waals surface area contributed by atoms with Crippen LogP contribution in [0.4, 0.5) is 4.39 Å². The fourth-order valence-corrected chi connectivity index (χ4v) is 4.99. The standard InChI is InChI=1S/C25H28FN5O/c1-3-19-20-12-17(16-6-9-30(10-7-16)23(32)14-27-2)4-5-22(20)29-24(19)18-13-21(26)25-28-8-11-31(25)15-18/h4-5,8,11-13,15-16,27,29H,3,6-7,9-10,14H2,1-2H3. The third kappa shape index (κ3) is 3.56.